The topological polar surface area (TPSA) is 90.7 Å². The summed E-state index contributed by atoms with van der Waals surface area (Å²) in [6.45, 7) is 2.81. The minimum Gasteiger partial charge on any atom is -0.367 e. The lowest BCUT2D eigenvalue weighted by molar-refractivity contribution is -0.120. The van der Waals surface area contributed by atoms with Crippen LogP contribution in [0.15, 0.2) is 36.8 Å². The second kappa shape index (κ2) is 7.74. The zero-order valence-corrected chi connectivity index (χ0v) is 12.3. The summed E-state index contributed by atoms with van der Waals surface area (Å²) in [6, 6.07) is 7.66. The molecule has 0 spiro atoms. The van der Waals surface area contributed by atoms with E-state index < -0.39 is 0 Å². The Bertz CT molecular complexity index is 679. The Labute approximate surface area is 129 Å². The Hall–Kier alpha value is -2.94. The minimum absolute atomic E-state index is 0.00306. The van der Waals surface area contributed by atoms with Crippen LogP contribution in [0, 0.1) is 11.3 Å². The molecule has 0 radical (unpaired) electrons. The molecule has 2 heterocycles. The van der Waals surface area contributed by atoms with Gasteiger partial charge < -0.3 is 10.6 Å². The van der Waals surface area contributed by atoms with Crippen LogP contribution < -0.4 is 10.6 Å². The summed E-state index contributed by atoms with van der Waals surface area (Å²) in [5.74, 6) is 0.523. The van der Waals surface area contributed by atoms with Crippen LogP contribution in [0.2, 0.25) is 0 Å². The summed E-state index contributed by atoms with van der Waals surface area (Å²) in [5, 5.41) is 15.1. The molecule has 0 saturated carbocycles. The number of aromatic nitrogens is 2. The number of rotatable bonds is 6. The van der Waals surface area contributed by atoms with Crippen LogP contribution in [0.1, 0.15) is 18.9 Å². The van der Waals surface area contributed by atoms with Crippen molar-refractivity contribution in [1.29, 1.82) is 5.26 Å². The van der Waals surface area contributed by atoms with Crippen LogP contribution in [0.25, 0.3) is 11.1 Å². The van der Waals surface area contributed by atoms with Crippen molar-refractivity contribution in [3.05, 3.63) is 42.4 Å². The quantitative estimate of drug-likeness (QED) is 0.795. The summed E-state index contributed by atoms with van der Waals surface area (Å²) < 4.78 is 0. The summed E-state index contributed by atoms with van der Waals surface area (Å²) in [7, 11) is 0. The smallest absolute Gasteiger partial charge is 0.219 e. The van der Waals surface area contributed by atoms with E-state index in [9.17, 15) is 10.1 Å². The molecule has 6 heteroatoms. The second-order valence-electron chi connectivity index (χ2n) is 4.60. The molecule has 0 aliphatic carbocycles. The standard InChI is InChI=1S/C16H17N5O/c1-2-15(22)19-7-8-20-16-13(10-17)9-14(11-21-16)12-3-5-18-6-4-12/h3-6,9,11H,2,7-8H2,1H3,(H,19,22)(H,20,21). The molecule has 1 amide bonds. The van der Waals surface area contributed by atoms with Crippen LogP contribution in [-0.2, 0) is 4.79 Å². The van der Waals surface area contributed by atoms with Crippen molar-refractivity contribution in [1.82, 2.24) is 15.3 Å². The number of pyridine rings is 2. The Morgan fingerprint density at radius 2 is 2.05 bits per heavy atom. The number of hydrogen-bond acceptors (Lipinski definition) is 5. The largest absolute Gasteiger partial charge is 0.367 e. The van der Waals surface area contributed by atoms with E-state index in [0.717, 1.165) is 11.1 Å². The van der Waals surface area contributed by atoms with Crippen LogP contribution in [0.4, 0.5) is 5.82 Å². The lowest BCUT2D eigenvalue weighted by Crippen LogP contribution is -2.28. The molecule has 0 atom stereocenters. The molecule has 22 heavy (non-hydrogen) atoms. The number of nitrogens with one attached hydrogen (secondary N) is 2. The molecule has 0 unspecified atom stereocenters. The third-order valence-electron chi connectivity index (χ3n) is 3.08. The van der Waals surface area contributed by atoms with E-state index in [1.807, 2.05) is 12.1 Å². The van der Waals surface area contributed by atoms with Gasteiger partial charge in [0.1, 0.15) is 11.9 Å². The summed E-state index contributed by atoms with van der Waals surface area (Å²) >= 11 is 0. The fourth-order valence-electron chi connectivity index (χ4n) is 1.90. The number of anilines is 1. The predicted octanol–water partition coefficient (Wildman–Crippen LogP) is 1.95. The maximum absolute atomic E-state index is 11.1. The van der Waals surface area contributed by atoms with Gasteiger partial charge in [-0.25, -0.2) is 4.98 Å². The molecule has 112 valence electrons. The number of hydrogen-bond donors (Lipinski definition) is 2. The predicted molar refractivity (Wildman–Crippen MR) is 84.0 cm³/mol. The molecule has 2 N–H and O–H groups in total. The van der Waals surface area contributed by atoms with E-state index in [4.69, 9.17) is 0 Å². The highest BCUT2D eigenvalue weighted by molar-refractivity contribution is 5.75. The van der Waals surface area contributed by atoms with Crippen molar-refractivity contribution in [2.75, 3.05) is 18.4 Å². The van der Waals surface area contributed by atoms with Gasteiger partial charge in [0, 0.05) is 43.7 Å². The monoisotopic (exact) mass is 295 g/mol. The fourth-order valence-corrected chi connectivity index (χ4v) is 1.90. The van der Waals surface area contributed by atoms with Gasteiger partial charge in [-0.1, -0.05) is 6.92 Å². The Balaban J connectivity index is 2.04. The van der Waals surface area contributed by atoms with Crippen LogP contribution in [0.3, 0.4) is 0 Å². The number of amides is 1. The number of nitrogens with zero attached hydrogens (tertiary/aromatic N) is 3. The molecule has 0 saturated heterocycles. The van der Waals surface area contributed by atoms with Crippen molar-refractivity contribution in [2.24, 2.45) is 0 Å². The second-order valence-corrected chi connectivity index (χ2v) is 4.60. The lowest BCUT2D eigenvalue weighted by Gasteiger charge is -2.09. The fraction of sp³-hybridized carbons (Fsp3) is 0.250. The normalized spacial score (nSPS) is 9.82. The molecule has 0 fully saturated rings. The maximum Gasteiger partial charge on any atom is 0.219 e. The van der Waals surface area contributed by atoms with Gasteiger partial charge in [0.25, 0.3) is 0 Å². The molecule has 2 aromatic rings. The molecular weight excluding hydrogens is 278 g/mol. The number of nitriles is 1. The number of carbonyl (C=O) groups excluding carboxylic acids is 1. The third kappa shape index (κ3) is 4.03. The Kier molecular flexibility index (Phi) is 5.44. The Morgan fingerprint density at radius 3 is 2.73 bits per heavy atom. The van der Waals surface area contributed by atoms with Crippen LogP contribution in [-0.4, -0.2) is 29.0 Å². The van der Waals surface area contributed by atoms with Gasteiger partial charge in [-0.05, 0) is 23.8 Å². The van der Waals surface area contributed by atoms with Gasteiger partial charge in [0.05, 0.1) is 5.56 Å². The number of carbonyl (C=O) groups is 1. The SMILES string of the molecule is CCC(=O)NCCNc1ncc(-c2ccncc2)cc1C#N. The van der Waals surface area contributed by atoms with Gasteiger partial charge >= 0.3 is 0 Å². The molecule has 0 aromatic carbocycles. The highest BCUT2D eigenvalue weighted by Gasteiger charge is 2.06. The molecule has 6 nitrogen and oxygen atoms in total. The zero-order chi connectivity index (χ0) is 15.8. The van der Waals surface area contributed by atoms with E-state index in [2.05, 4.69) is 26.7 Å². The summed E-state index contributed by atoms with van der Waals surface area (Å²) in [5.41, 5.74) is 2.29. The van der Waals surface area contributed by atoms with E-state index in [0.29, 0.717) is 30.9 Å². The first-order valence-electron chi connectivity index (χ1n) is 7.05. The maximum atomic E-state index is 11.1. The average molecular weight is 295 g/mol. The van der Waals surface area contributed by atoms with Crippen molar-refractivity contribution in [3.63, 3.8) is 0 Å². The first kappa shape index (κ1) is 15.4. The van der Waals surface area contributed by atoms with E-state index in [1.54, 1.807) is 31.6 Å². The average Bonchev–Trinajstić information content (AvgIpc) is 2.59. The van der Waals surface area contributed by atoms with Gasteiger partial charge in [0.15, 0.2) is 0 Å². The van der Waals surface area contributed by atoms with Crippen LogP contribution in [0.5, 0.6) is 0 Å². The Morgan fingerprint density at radius 1 is 1.27 bits per heavy atom. The molecule has 0 aliphatic heterocycles. The van der Waals surface area contributed by atoms with Crippen molar-refractivity contribution >= 4 is 11.7 Å². The van der Waals surface area contributed by atoms with Crippen molar-refractivity contribution in [3.8, 4) is 17.2 Å². The summed E-state index contributed by atoms with van der Waals surface area (Å²) in [6.07, 6.45) is 5.57. The molecule has 2 aromatic heterocycles. The van der Waals surface area contributed by atoms with Gasteiger partial charge in [-0.2, -0.15) is 5.26 Å². The molecule has 0 aliphatic rings. The van der Waals surface area contributed by atoms with E-state index in [-0.39, 0.29) is 5.91 Å². The lowest BCUT2D eigenvalue weighted by atomic mass is 10.1. The first-order chi connectivity index (χ1) is 10.7. The van der Waals surface area contributed by atoms with Crippen molar-refractivity contribution in [2.45, 2.75) is 13.3 Å². The molecular formula is C16H17N5O. The van der Waals surface area contributed by atoms with E-state index >= 15 is 0 Å². The highest BCUT2D eigenvalue weighted by Crippen LogP contribution is 2.21. The summed E-state index contributed by atoms with van der Waals surface area (Å²) in [4.78, 5) is 19.4. The van der Waals surface area contributed by atoms with Gasteiger partial charge in [-0.3, -0.25) is 9.78 Å². The molecule has 2 rings (SSSR count). The van der Waals surface area contributed by atoms with E-state index in [1.165, 1.54) is 0 Å². The van der Waals surface area contributed by atoms with Gasteiger partial charge in [0.2, 0.25) is 5.91 Å². The van der Waals surface area contributed by atoms with Gasteiger partial charge in [-0.15, -0.1) is 0 Å². The first-order valence-corrected chi connectivity index (χ1v) is 7.05. The van der Waals surface area contributed by atoms with Crippen molar-refractivity contribution < 1.29 is 4.79 Å². The minimum atomic E-state index is 0.00306. The van der Waals surface area contributed by atoms with Crippen LogP contribution >= 0.6 is 0 Å². The third-order valence-corrected chi connectivity index (χ3v) is 3.08. The zero-order valence-electron chi connectivity index (χ0n) is 12.3. The molecule has 0 bridgehead atoms. The highest BCUT2D eigenvalue weighted by atomic mass is 16.1.